The Bertz CT molecular complexity index is 323. The fraction of sp³-hybridized carbons (Fsp3) is 0.300. The molecule has 0 aromatic heterocycles. The van der Waals surface area contributed by atoms with Crippen LogP contribution in [0.25, 0.3) is 0 Å². The molecule has 1 aromatic rings. The first-order valence-electron chi connectivity index (χ1n) is 4.20. The van der Waals surface area contributed by atoms with Crippen LogP contribution < -0.4 is 0 Å². The molecular formula is C10H11FO3. The van der Waals surface area contributed by atoms with Gasteiger partial charge in [0.2, 0.25) is 0 Å². The summed E-state index contributed by atoms with van der Waals surface area (Å²) < 4.78 is 16.9. The molecule has 0 amide bonds. The van der Waals surface area contributed by atoms with Crippen LogP contribution in [0.4, 0.5) is 4.39 Å². The molecule has 0 saturated heterocycles. The average molecular weight is 198 g/mol. The highest BCUT2D eigenvalue weighted by molar-refractivity contribution is 5.92. The van der Waals surface area contributed by atoms with Gasteiger partial charge in [0.05, 0.1) is 0 Å². The van der Waals surface area contributed by atoms with Gasteiger partial charge in [0, 0.05) is 0 Å². The van der Waals surface area contributed by atoms with Crippen molar-refractivity contribution >= 4 is 5.97 Å². The van der Waals surface area contributed by atoms with E-state index < -0.39 is 12.1 Å². The standard InChI is InChI=1S/C10H11FO3/c1-7(11)6-14-10(13)8-4-2-3-5-9(8)12/h2-5,7,12H,6H2,1H3. The third-order valence-corrected chi connectivity index (χ3v) is 1.57. The maximum absolute atomic E-state index is 12.3. The van der Waals surface area contributed by atoms with Crippen LogP contribution in [0.1, 0.15) is 17.3 Å². The number of carbonyl (C=O) groups is 1. The molecule has 1 rings (SSSR count). The van der Waals surface area contributed by atoms with E-state index in [0.29, 0.717) is 0 Å². The van der Waals surface area contributed by atoms with Crippen LogP contribution in [-0.2, 0) is 4.74 Å². The summed E-state index contributed by atoms with van der Waals surface area (Å²) in [4.78, 5) is 11.2. The first-order chi connectivity index (χ1) is 6.61. The van der Waals surface area contributed by atoms with E-state index >= 15 is 0 Å². The van der Waals surface area contributed by atoms with Gasteiger partial charge in [-0.2, -0.15) is 0 Å². The van der Waals surface area contributed by atoms with Crippen LogP contribution in [0.2, 0.25) is 0 Å². The maximum atomic E-state index is 12.3. The number of para-hydroxylation sites is 1. The number of alkyl halides is 1. The smallest absolute Gasteiger partial charge is 0.342 e. The topological polar surface area (TPSA) is 46.5 Å². The third kappa shape index (κ3) is 2.73. The van der Waals surface area contributed by atoms with E-state index in [1.54, 1.807) is 12.1 Å². The lowest BCUT2D eigenvalue weighted by Gasteiger charge is -2.06. The second-order valence-corrected chi connectivity index (χ2v) is 2.90. The molecule has 4 heteroatoms. The molecule has 0 fully saturated rings. The summed E-state index contributed by atoms with van der Waals surface area (Å²) in [6.07, 6.45) is -1.20. The zero-order chi connectivity index (χ0) is 10.6. The number of hydrogen-bond donors (Lipinski definition) is 1. The lowest BCUT2D eigenvalue weighted by Crippen LogP contribution is -2.12. The maximum Gasteiger partial charge on any atom is 0.342 e. The highest BCUT2D eigenvalue weighted by atomic mass is 19.1. The molecule has 0 aliphatic heterocycles. The van der Waals surface area contributed by atoms with Gasteiger partial charge in [0.25, 0.3) is 0 Å². The molecule has 0 heterocycles. The van der Waals surface area contributed by atoms with Gasteiger partial charge in [0.1, 0.15) is 24.1 Å². The van der Waals surface area contributed by atoms with Gasteiger partial charge in [-0.25, -0.2) is 9.18 Å². The first-order valence-corrected chi connectivity index (χ1v) is 4.20. The third-order valence-electron chi connectivity index (χ3n) is 1.57. The summed E-state index contributed by atoms with van der Waals surface area (Å²) >= 11 is 0. The van der Waals surface area contributed by atoms with Crippen molar-refractivity contribution in [1.82, 2.24) is 0 Å². The summed E-state index contributed by atoms with van der Waals surface area (Å²) in [6, 6.07) is 5.97. The van der Waals surface area contributed by atoms with Gasteiger partial charge in [0.15, 0.2) is 0 Å². The van der Waals surface area contributed by atoms with Crippen LogP contribution in [0.5, 0.6) is 5.75 Å². The Morgan fingerprint density at radius 1 is 1.57 bits per heavy atom. The predicted octanol–water partition coefficient (Wildman–Crippen LogP) is 1.91. The molecule has 0 saturated carbocycles. The Hall–Kier alpha value is -1.58. The molecular weight excluding hydrogens is 187 g/mol. The van der Waals surface area contributed by atoms with Crippen molar-refractivity contribution in [3.63, 3.8) is 0 Å². The number of benzene rings is 1. The molecule has 1 N–H and O–H groups in total. The molecule has 0 aliphatic rings. The second-order valence-electron chi connectivity index (χ2n) is 2.90. The van der Waals surface area contributed by atoms with E-state index in [1.165, 1.54) is 19.1 Å². The van der Waals surface area contributed by atoms with E-state index in [-0.39, 0.29) is 17.9 Å². The monoisotopic (exact) mass is 198 g/mol. The van der Waals surface area contributed by atoms with Crippen molar-refractivity contribution in [3.8, 4) is 5.75 Å². The van der Waals surface area contributed by atoms with Crippen molar-refractivity contribution in [2.75, 3.05) is 6.61 Å². The Morgan fingerprint density at radius 2 is 2.21 bits per heavy atom. The minimum absolute atomic E-state index is 0.0492. The van der Waals surface area contributed by atoms with Gasteiger partial charge < -0.3 is 9.84 Å². The van der Waals surface area contributed by atoms with Gasteiger partial charge >= 0.3 is 5.97 Å². The summed E-state index contributed by atoms with van der Waals surface area (Å²) in [7, 11) is 0. The largest absolute Gasteiger partial charge is 0.507 e. The fourth-order valence-corrected chi connectivity index (χ4v) is 0.915. The summed E-state index contributed by atoms with van der Waals surface area (Å²) in [5.41, 5.74) is 0.0492. The van der Waals surface area contributed by atoms with Gasteiger partial charge in [-0.1, -0.05) is 12.1 Å². The van der Waals surface area contributed by atoms with Crippen LogP contribution in [0.3, 0.4) is 0 Å². The number of halogens is 1. The predicted molar refractivity (Wildman–Crippen MR) is 49.0 cm³/mol. The van der Waals surface area contributed by atoms with Crippen molar-refractivity contribution in [1.29, 1.82) is 0 Å². The zero-order valence-electron chi connectivity index (χ0n) is 7.74. The van der Waals surface area contributed by atoms with Crippen LogP contribution >= 0.6 is 0 Å². The van der Waals surface area contributed by atoms with E-state index in [4.69, 9.17) is 0 Å². The SMILES string of the molecule is CC(F)COC(=O)c1ccccc1O. The molecule has 76 valence electrons. The number of rotatable bonds is 3. The van der Waals surface area contributed by atoms with E-state index in [9.17, 15) is 14.3 Å². The number of phenols is 1. The minimum Gasteiger partial charge on any atom is -0.507 e. The fourth-order valence-electron chi connectivity index (χ4n) is 0.915. The van der Waals surface area contributed by atoms with Gasteiger partial charge in [-0.05, 0) is 19.1 Å². The summed E-state index contributed by atoms with van der Waals surface area (Å²) in [5, 5.41) is 9.25. The van der Waals surface area contributed by atoms with Crippen molar-refractivity contribution in [3.05, 3.63) is 29.8 Å². The molecule has 0 bridgehead atoms. The molecule has 1 aromatic carbocycles. The number of carbonyl (C=O) groups excluding carboxylic acids is 1. The summed E-state index contributed by atoms with van der Waals surface area (Å²) in [5.74, 6) is -0.878. The van der Waals surface area contributed by atoms with Crippen LogP contribution in [0.15, 0.2) is 24.3 Å². The number of hydrogen-bond acceptors (Lipinski definition) is 3. The quantitative estimate of drug-likeness (QED) is 0.754. The molecule has 0 aliphatic carbocycles. The normalized spacial score (nSPS) is 12.1. The minimum atomic E-state index is -1.20. The molecule has 1 atom stereocenters. The molecule has 3 nitrogen and oxygen atoms in total. The lowest BCUT2D eigenvalue weighted by atomic mass is 10.2. The molecule has 14 heavy (non-hydrogen) atoms. The first kappa shape index (κ1) is 10.5. The number of phenolic OH excluding ortho intramolecular Hbond substituents is 1. The van der Waals surface area contributed by atoms with Gasteiger partial charge in [-0.3, -0.25) is 0 Å². The number of esters is 1. The number of aromatic hydroxyl groups is 1. The zero-order valence-corrected chi connectivity index (χ0v) is 7.74. The Balaban J connectivity index is 2.65. The van der Waals surface area contributed by atoms with E-state index in [2.05, 4.69) is 4.74 Å². The van der Waals surface area contributed by atoms with Crippen molar-refractivity contribution in [2.24, 2.45) is 0 Å². The second kappa shape index (κ2) is 4.60. The van der Waals surface area contributed by atoms with Gasteiger partial charge in [-0.15, -0.1) is 0 Å². The van der Waals surface area contributed by atoms with Crippen molar-refractivity contribution in [2.45, 2.75) is 13.1 Å². The van der Waals surface area contributed by atoms with Crippen LogP contribution in [0, 0.1) is 0 Å². The highest BCUT2D eigenvalue weighted by Crippen LogP contribution is 2.16. The Kier molecular flexibility index (Phi) is 3.45. The highest BCUT2D eigenvalue weighted by Gasteiger charge is 2.12. The molecule has 0 spiro atoms. The lowest BCUT2D eigenvalue weighted by molar-refractivity contribution is 0.0413. The van der Waals surface area contributed by atoms with E-state index in [0.717, 1.165) is 0 Å². The Labute approximate surface area is 81.1 Å². The summed E-state index contributed by atoms with van der Waals surface area (Å²) in [6.45, 7) is 0.991. The Morgan fingerprint density at radius 3 is 2.79 bits per heavy atom. The molecule has 1 unspecified atom stereocenters. The van der Waals surface area contributed by atoms with E-state index in [1.807, 2.05) is 0 Å². The average Bonchev–Trinajstić information content (AvgIpc) is 2.15. The number of ether oxygens (including phenoxy) is 1. The van der Waals surface area contributed by atoms with Crippen LogP contribution in [-0.4, -0.2) is 23.9 Å². The molecule has 0 radical (unpaired) electrons. The van der Waals surface area contributed by atoms with Crippen molar-refractivity contribution < 1.29 is 19.0 Å².